The van der Waals surface area contributed by atoms with Crippen molar-refractivity contribution in [2.24, 2.45) is 0 Å². The molecule has 0 saturated carbocycles. The average molecular weight is 492 g/mol. The molecule has 0 unspecified atom stereocenters. The second-order valence-electron chi connectivity index (χ2n) is 7.77. The van der Waals surface area contributed by atoms with Crippen LogP contribution in [0.3, 0.4) is 0 Å². The van der Waals surface area contributed by atoms with Crippen molar-refractivity contribution in [3.63, 3.8) is 0 Å². The van der Waals surface area contributed by atoms with Gasteiger partial charge in [-0.2, -0.15) is 18.5 Å². The van der Waals surface area contributed by atoms with E-state index in [1.807, 2.05) is 19.2 Å². The van der Waals surface area contributed by atoms with Crippen molar-refractivity contribution in [2.45, 2.75) is 33.0 Å². The second-order valence-corrected chi connectivity index (χ2v) is 7.77. The van der Waals surface area contributed by atoms with E-state index >= 15 is 0 Å². The summed E-state index contributed by atoms with van der Waals surface area (Å²) in [5, 5.41) is 6.01. The molecular formula is C23H24F3N5O2S. The minimum Gasteiger partial charge on any atom is -0.489 e. The summed E-state index contributed by atoms with van der Waals surface area (Å²) in [7, 11) is 1.81. The number of fused-ring (bicyclic) bond motifs is 1. The fourth-order valence-electron chi connectivity index (χ4n) is 3.37. The van der Waals surface area contributed by atoms with E-state index in [1.165, 1.54) is 0 Å². The van der Waals surface area contributed by atoms with Crippen molar-refractivity contribution in [2.75, 3.05) is 22.6 Å². The summed E-state index contributed by atoms with van der Waals surface area (Å²) in [5.41, 5.74) is 2.38. The van der Waals surface area contributed by atoms with Gasteiger partial charge in [0.05, 0.1) is 5.69 Å². The molecule has 2 N–H and O–H groups in total. The second kappa shape index (κ2) is 10.2. The molecule has 2 aromatic carbocycles. The van der Waals surface area contributed by atoms with Crippen LogP contribution in [0.5, 0.6) is 5.75 Å². The molecule has 3 aromatic rings. The van der Waals surface area contributed by atoms with Gasteiger partial charge in [-0.15, -0.1) is 0 Å². The summed E-state index contributed by atoms with van der Waals surface area (Å²) >= 11 is 0. The third kappa shape index (κ3) is 5.19. The molecule has 7 nitrogen and oxygen atoms in total. The molecule has 0 spiro atoms. The van der Waals surface area contributed by atoms with Crippen molar-refractivity contribution >= 4 is 36.9 Å². The van der Waals surface area contributed by atoms with Crippen LogP contribution in [0.4, 0.5) is 30.6 Å². The smallest absolute Gasteiger partial charge is 0.246 e. The number of anilines is 3. The van der Waals surface area contributed by atoms with Crippen molar-refractivity contribution in [1.29, 1.82) is 0 Å². The molecule has 1 aliphatic heterocycles. The highest BCUT2D eigenvalue weighted by atomic mass is 32.1. The Morgan fingerprint density at radius 3 is 2.38 bits per heavy atom. The predicted octanol–water partition coefficient (Wildman–Crippen LogP) is 4.28. The number of hydrogen-bond acceptors (Lipinski definition) is 6. The fourth-order valence-corrected chi connectivity index (χ4v) is 3.37. The quantitative estimate of drug-likeness (QED) is 0.501. The Balaban J connectivity index is 0.00000324. The summed E-state index contributed by atoms with van der Waals surface area (Å²) in [6, 6.07) is 8.56. The summed E-state index contributed by atoms with van der Waals surface area (Å²) < 4.78 is 45.2. The number of likely N-dealkylation sites (N-methyl/N-ethyl adjacent to an activating group) is 1. The van der Waals surface area contributed by atoms with Crippen molar-refractivity contribution in [3.8, 4) is 5.75 Å². The highest BCUT2D eigenvalue weighted by molar-refractivity contribution is 7.59. The Labute approximate surface area is 201 Å². The molecule has 1 amide bonds. The SMILES string of the molecule is Cc1nc(NCc2ccc(OCc3cc(F)c(F)c(F)c3)cc2)nc2c1NC(=O)[C@H](C)N2C.S. The fraction of sp³-hybridized carbons (Fsp3) is 0.261. The van der Waals surface area contributed by atoms with Gasteiger partial charge >= 0.3 is 0 Å². The first-order valence-electron chi connectivity index (χ1n) is 10.2. The van der Waals surface area contributed by atoms with Crippen molar-refractivity contribution < 1.29 is 22.7 Å². The maximum Gasteiger partial charge on any atom is 0.246 e. The minimum absolute atomic E-state index is 0. The van der Waals surface area contributed by atoms with Crippen LogP contribution in [-0.4, -0.2) is 29.0 Å². The molecule has 1 aliphatic rings. The molecule has 11 heteroatoms. The summed E-state index contributed by atoms with van der Waals surface area (Å²) in [6.45, 7) is 3.95. The van der Waals surface area contributed by atoms with E-state index in [9.17, 15) is 18.0 Å². The number of ether oxygens (including phenoxy) is 1. The Morgan fingerprint density at radius 2 is 1.74 bits per heavy atom. The molecule has 34 heavy (non-hydrogen) atoms. The molecule has 0 radical (unpaired) electrons. The number of halogens is 3. The molecule has 4 rings (SSSR count). The lowest BCUT2D eigenvalue weighted by atomic mass is 10.2. The number of aryl methyl sites for hydroxylation is 1. The zero-order chi connectivity index (χ0) is 23.7. The topological polar surface area (TPSA) is 79.4 Å². The molecule has 0 saturated heterocycles. The Bertz CT molecular complexity index is 1190. The standard InChI is InChI=1S/C23H22F3N5O2.H2S/c1-12-20-21(31(3)13(2)22(32)29-20)30-23(28-12)27-10-14-4-6-16(7-5-14)33-11-15-8-17(24)19(26)18(25)9-15;/h4-9,13H,10-11H2,1-3H3,(H,29,32)(H,27,28,30);1H2/t13-;/m0./s1. The number of nitrogens with zero attached hydrogens (tertiary/aromatic N) is 3. The molecule has 0 bridgehead atoms. The Kier molecular flexibility index (Phi) is 7.55. The van der Waals surface area contributed by atoms with Gasteiger partial charge in [0, 0.05) is 13.6 Å². The first kappa shape index (κ1) is 25.2. The maximum absolute atomic E-state index is 13.3. The maximum atomic E-state index is 13.3. The number of hydrogen-bond donors (Lipinski definition) is 2. The van der Waals surface area contributed by atoms with Gasteiger partial charge in [0.2, 0.25) is 11.9 Å². The summed E-state index contributed by atoms with van der Waals surface area (Å²) in [6.07, 6.45) is 0. The molecule has 2 heterocycles. The molecule has 1 atom stereocenters. The van der Waals surface area contributed by atoms with E-state index in [4.69, 9.17) is 4.74 Å². The summed E-state index contributed by atoms with van der Waals surface area (Å²) in [4.78, 5) is 22.8. The third-order valence-corrected chi connectivity index (χ3v) is 5.44. The van der Waals surface area contributed by atoms with E-state index in [1.54, 1.807) is 30.9 Å². The lowest BCUT2D eigenvalue weighted by molar-refractivity contribution is -0.117. The Hall–Kier alpha value is -3.47. The van der Waals surface area contributed by atoms with Gasteiger partial charge in [-0.05, 0) is 49.2 Å². The molecule has 0 aliphatic carbocycles. The van der Waals surface area contributed by atoms with Crippen LogP contribution in [0.1, 0.15) is 23.7 Å². The number of carbonyl (C=O) groups excluding carboxylic acids is 1. The lowest BCUT2D eigenvalue weighted by Crippen LogP contribution is -2.44. The van der Waals surface area contributed by atoms with Gasteiger partial charge in [0.25, 0.3) is 0 Å². The largest absolute Gasteiger partial charge is 0.489 e. The highest BCUT2D eigenvalue weighted by Gasteiger charge is 2.30. The molecule has 1 aromatic heterocycles. The third-order valence-electron chi connectivity index (χ3n) is 5.44. The molecule has 180 valence electrons. The Morgan fingerprint density at radius 1 is 1.09 bits per heavy atom. The minimum atomic E-state index is -1.50. The van der Waals surface area contributed by atoms with E-state index < -0.39 is 17.5 Å². The van der Waals surface area contributed by atoms with Crippen LogP contribution in [0.25, 0.3) is 0 Å². The van der Waals surface area contributed by atoms with Gasteiger partial charge in [0.15, 0.2) is 23.3 Å². The highest BCUT2D eigenvalue weighted by Crippen LogP contribution is 2.32. The average Bonchev–Trinajstić information content (AvgIpc) is 2.79. The van der Waals surface area contributed by atoms with Gasteiger partial charge in [-0.25, -0.2) is 18.2 Å². The number of rotatable bonds is 6. The molecule has 0 fully saturated rings. The normalized spacial score (nSPS) is 14.7. The monoisotopic (exact) mass is 491 g/mol. The van der Waals surface area contributed by atoms with Gasteiger partial charge in [-0.1, -0.05) is 12.1 Å². The van der Waals surface area contributed by atoms with Crippen LogP contribution in [0.15, 0.2) is 36.4 Å². The lowest BCUT2D eigenvalue weighted by Gasteiger charge is -2.32. The van der Waals surface area contributed by atoms with Crippen LogP contribution in [0.2, 0.25) is 0 Å². The van der Waals surface area contributed by atoms with Crippen molar-refractivity contribution in [3.05, 3.63) is 70.7 Å². The van der Waals surface area contributed by atoms with Crippen LogP contribution in [0, 0.1) is 24.4 Å². The number of nitrogens with one attached hydrogen (secondary N) is 2. The molecular weight excluding hydrogens is 467 g/mol. The van der Waals surface area contributed by atoms with E-state index in [-0.39, 0.29) is 37.6 Å². The van der Waals surface area contributed by atoms with Gasteiger partial charge in [-0.3, -0.25) is 4.79 Å². The predicted molar refractivity (Wildman–Crippen MR) is 128 cm³/mol. The zero-order valence-electron chi connectivity index (χ0n) is 18.7. The van der Waals surface area contributed by atoms with E-state index in [2.05, 4.69) is 20.6 Å². The summed E-state index contributed by atoms with van der Waals surface area (Å²) in [5.74, 6) is -2.53. The number of benzene rings is 2. The van der Waals surface area contributed by atoms with E-state index in [0.29, 0.717) is 35.4 Å². The van der Waals surface area contributed by atoms with Crippen molar-refractivity contribution in [1.82, 2.24) is 9.97 Å². The van der Waals surface area contributed by atoms with Crippen LogP contribution < -0.4 is 20.3 Å². The van der Waals surface area contributed by atoms with Crippen LogP contribution >= 0.6 is 13.5 Å². The number of aromatic nitrogens is 2. The van der Waals surface area contributed by atoms with Crippen LogP contribution in [-0.2, 0) is 17.9 Å². The number of amides is 1. The zero-order valence-corrected chi connectivity index (χ0v) is 19.7. The van der Waals surface area contributed by atoms with E-state index in [0.717, 1.165) is 17.7 Å². The first-order valence-corrected chi connectivity index (χ1v) is 10.2. The first-order chi connectivity index (χ1) is 15.7. The number of carbonyl (C=O) groups is 1. The van der Waals surface area contributed by atoms with Gasteiger partial charge in [0.1, 0.15) is 24.1 Å². The van der Waals surface area contributed by atoms with Gasteiger partial charge < -0.3 is 20.3 Å².